The van der Waals surface area contributed by atoms with E-state index in [0.717, 1.165) is 44.5 Å². The quantitative estimate of drug-likeness (QED) is 0.436. The average Bonchev–Trinajstić information content (AvgIpc) is 2.50. The first kappa shape index (κ1) is 17.8. The van der Waals surface area contributed by atoms with Crippen LogP contribution in [-0.4, -0.2) is 36.3 Å². The summed E-state index contributed by atoms with van der Waals surface area (Å²) in [6, 6.07) is 2.76. The van der Waals surface area contributed by atoms with E-state index in [9.17, 15) is 17.6 Å². The van der Waals surface area contributed by atoms with Crippen molar-refractivity contribution in [2.45, 2.75) is 25.6 Å². The maximum atomic E-state index is 13.3. The molecular weight excluding hydrogens is 330 g/mol. The van der Waals surface area contributed by atoms with E-state index in [0.29, 0.717) is 0 Å². The molecule has 132 valence electrons. The Morgan fingerprint density at radius 3 is 2.54 bits per heavy atom. The summed E-state index contributed by atoms with van der Waals surface area (Å²) in [5, 5.41) is 10.2. The Kier molecular flexibility index (Phi) is 5.47. The number of benzene rings is 1. The number of nitrogens with one attached hydrogen (secondary N) is 2. The third-order valence-electron chi connectivity index (χ3n) is 3.33. The lowest BCUT2D eigenvalue weighted by molar-refractivity contribution is -0.275. The van der Waals surface area contributed by atoms with Gasteiger partial charge in [0.15, 0.2) is 17.5 Å². The predicted molar refractivity (Wildman–Crippen MR) is 81.5 cm³/mol. The second-order valence-electron chi connectivity index (χ2n) is 5.18. The average molecular weight is 347 g/mol. The Bertz CT molecular complexity index is 626. The Morgan fingerprint density at radius 2 is 1.92 bits per heavy atom. The van der Waals surface area contributed by atoms with Crippen LogP contribution in [0, 0.1) is 11.2 Å². The van der Waals surface area contributed by atoms with Crippen molar-refractivity contribution >= 4 is 17.6 Å². The van der Waals surface area contributed by atoms with Gasteiger partial charge in [0, 0.05) is 24.8 Å². The van der Waals surface area contributed by atoms with Crippen molar-refractivity contribution in [3.63, 3.8) is 0 Å². The van der Waals surface area contributed by atoms with E-state index in [-0.39, 0.29) is 17.6 Å². The van der Waals surface area contributed by atoms with Gasteiger partial charge in [-0.2, -0.15) is 4.99 Å². The highest BCUT2D eigenvalue weighted by atomic mass is 19.4. The van der Waals surface area contributed by atoms with Crippen LogP contribution < -0.4 is 15.8 Å². The molecule has 10 heteroatoms. The summed E-state index contributed by atoms with van der Waals surface area (Å²) in [4.78, 5) is 5.68. The lowest BCUT2D eigenvalue weighted by Gasteiger charge is -2.27. The summed E-state index contributed by atoms with van der Waals surface area (Å²) >= 11 is 0. The minimum atomic E-state index is -5.01. The number of rotatable bonds is 2. The van der Waals surface area contributed by atoms with Gasteiger partial charge in [-0.15, -0.1) is 13.2 Å². The van der Waals surface area contributed by atoms with Crippen molar-refractivity contribution < 1.29 is 22.3 Å². The van der Waals surface area contributed by atoms with Gasteiger partial charge >= 0.3 is 6.36 Å². The number of guanidine groups is 2. The molecule has 0 spiro atoms. The zero-order chi connectivity index (χ0) is 17.7. The molecule has 1 heterocycles. The van der Waals surface area contributed by atoms with Crippen LogP contribution in [0.25, 0.3) is 0 Å². The Labute approximate surface area is 135 Å². The van der Waals surface area contributed by atoms with E-state index < -0.39 is 17.9 Å². The zero-order valence-electron chi connectivity index (χ0n) is 12.7. The minimum absolute atomic E-state index is 0.0239. The van der Waals surface area contributed by atoms with E-state index in [2.05, 4.69) is 15.0 Å². The molecule has 1 aliphatic rings. The SMILES string of the molecule is N=C(N=C(N)N1CCCCC1)Nc1ccc(F)c(OC(F)(F)F)c1. The van der Waals surface area contributed by atoms with Gasteiger partial charge in [0.05, 0.1) is 0 Å². The van der Waals surface area contributed by atoms with Gasteiger partial charge in [-0.3, -0.25) is 5.41 Å². The molecule has 1 saturated heterocycles. The first-order valence-corrected chi connectivity index (χ1v) is 7.24. The molecule has 24 heavy (non-hydrogen) atoms. The summed E-state index contributed by atoms with van der Waals surface area (Å²) in [7, 11) is 0. The maximum absolute atomic E-state index is 13.3. The number of anilines is 1. The van der Waals surface area contributed by atoms with Crippen LogP contribution in [0.15, 0.2) is 23.2 Å². The van der Waals surface area contributed by atoms with Crippen molar-refractivity contribution in [2.75, 3.05) is 18.4 Å². The summed E-state index contributed by atoms with van der Waals surface area (Å²) in [5.74, 6) is -2.38. The first-order chi connectivity index (χ1) is 11.2. The molecule has 0 amide bonds. The molecule has 0 saturated carbocycles. The van der Waals surface area contributed by atoms with Crippen molar-refractivity contribution in [1.82, 2.24) is 4.90 Å². The number of nitrogens with zero attached hydrogens (tertiary/aromatic N) is 2. The number of nitrogens with two attached hydrogens (primary N) is 1. The molecule has 0 radical (unpaired) electrons. The van der Waals surface area contributed by atoms with Crippen LogP contribution in [0.5, 0.6) is 5.75 Å². The Hall–Kier alpha value is -2.52. The molecule has 1 aromatic rings. The van der Waals surface area contributed by atoms with Crippen molar-refractivity contribution in [3.8, 4) is 5.75 Å². The fraction of sp³-hybridized carbons (Fsp3) is 0.429. The normalized spacial score (nSPS) is 16.0. The number of halogens is 4. The molecule has 4 N–H and O–H groups in total. The zero-order valence-corrected chi connectivity index (χ0v) is 12.7. The van der Waals surface area contributed by atoms with E-state index in [4.69, 9.17) is 11.1 Å². The number of piperidine rings is 1. The Balaban J connectivity index is 2.04. The molecule has 6 nitrogen and oxygen atoms in total. The number of hydrogen-bond donors (Lipinski definition) is 3. The minimum Gasteiger partial charge on any atom is -0.403 e. The first-order valence-electron chi connectivity index (χ1n) is 7.24. The summed E-state index contributed by atoms with van der Waals surface area (Å²) in [6.45, 7) is 1.48. The van der Waals surface area contributed by atoms with Gasteiger partial charge in [-0.1, -0.05) is 0 Å². The largest absolute Gasteiger partial charge is 0.573 e. The van der Waals surface area contributed by atoms with Crippen LogP contribution in [0.3, 0.4) is 0 Å². The lowest BCUT2D eigenvalue weighted by Crippen LogP contribution is -2.41. The van der Waals surface area contributed by atoms with Crippen LogP contribution in [0.1, 0.15) is 19.3 Å². The standard InChI is InChI=1S/C14H17F4N5O/c15-10-5-4-9(8-11(10)24-14(16,17)18)21-12(19)22-13(20)23-6-2-1-3-7-23/h4-5,8H,1-3,6-7H2,(H4,19,20,21,22). The molecule has 0 atom stereocenters. The van der Waals surface area contributed by atoms with E-state index in [1.165, 1.54) is 6.07 Å². The van der Waals surface area contributed by atoms with Crippen molar-refractivity contribution in [2.24, 2.45) is 10.7 Å². The second kappa shape index (κ2) is 7.37. The molecule has 0 bridgehead atoms. The molecular formula is C14H17F4N5O. The fourth-order valence-corrected chi connectivity index (χ4v) is 2.26. The molecule has 1 aliphatic heterocycles. The molecule has 2 rings (SSSR count). The van der Waals surface area contributed by atoms with E-state index >= 15 is 0 Å². The molecule has 0 aromatic heterocycles. The van der Waals surface area contributed by atoms with Gasteiger partial charge in [0.25, 0.3) is 0 Å². The summed E-state index contributed by atoms with van der Waals surface area (Å²) < 4.78 is 53.5. The molecule has 1 fully saturated rings. The lowest BCUT2D eigenvalue weighted by atomic mass is 10.1. The third-order valence-corrected chi connectivity index (χ3v) is 3.33. The second-order valence-corrected chi connectivity index (χ2v) is 5.18. The Morgan fingerprint density at radius 1 is 1.25 bits per heavy atom. The number of ether oxygens (including phenoxy) is 1. The number of alkyl halides is 3. The van der Waals surface area contributed by atoms with Crippen LogP contribution >= 0.6 is 0 Å². The summed E-state index contributed by atoms with van der Waals surface area (Å²) in [6.07, 6.45) is -1.94. The highest BCUT2D eigenvalue weighted by Gasteiger charge is 2.32. The predicted octanol–water partition coefficient (Wildman–Crippen LogP) is 2.87. The highest BCUT2D eigenvalue weighted by molar-refractivity contribution is 6.00. The monoisotopic (exact) mass is 347 g/mol. The van der Waals surface area contributed by atoms with Gasteiger partial charge in [-0.05, 0) is 31.4 Å². The molecule has 0 unspecified atom stereocenters. The van der Waals surface area contributed by atoms with Gasteiger partial charge in [-0.25, -0.2) is 4.39 Å². The number of aliphatic imine (C=N–C) groups is 1. The smallest absolute Gasteiger partial charge is 0.403 e. The van der Waals surface area contributed by atoms with E-state index in [1.807, 2.05) is 4.90 Å². The van der Waals surface area contributed by atoms with Gasteiger partial charge in [0.2, 0.25) is 5.96 Å². The van der Waals surface area contributed by atoms with Crippen molar-refractivity contribution in [3.05, 3.63) is 24.0 Å². The number of hydrogen-bond acceptors (Lipinski definition) is 2. The fourth-order valence-electron chi connectivity index (χ4n) is 2.26. The highest BCUT2D eigenvalue weighted by Crippen LogP contribution is 2.28. The van der Waals surface area contributed by atoms with Gasteiger partial charge < -0.3 is 20.7 Å². The van der Waals surface area contributed by atoms with Crippen LogP contribution in [-0.2, 0) is 0 Å². The van der Waals surface area contributed by atoms with E-state index in [1.54, 1.807) is 0 Å². The van der Waals surface area contributed by atoms with Crippen LogP contribution in [0.2, 0.25) is 0 Å². The topological polar surface area (TPSA) is 86.7 Å². The van der Waals surface area contributed by atoms with Crippen LogP contribution in [0.4, 0.5) is 23.2 Å². The van der Waals surface area contributed by atoms with Crippen molar-refractivity contribution in [1.29, 1.82) is 5.41 Å². The van der Waals surface area contributed by atoms with Gasteiger partial charge in [0.1, 0.15) is 0 Å². The summed E-state index contributed by atoms with van der Waals surface area (Å²) in [5.41, 5.74) is 5.83. The third kappa shape index (κ3) is 5.28. The molecule has 1 aromatic carbocycles. The number of likely N-dealkylation sites (tertiary alicyclic amines) is 1. The maximum Gasteiger partial charge on any atom is 0.573 e. The molecule has 0 aliphatic carbocycles.